The molecule has 0 bridgehead atoms. The van der Waals surface area contributed by atoms with Crippen LogP contribution in [0.25, 0.3) is 0 Å². The van der Waals surface area contributed by atoms with Crippen molar-refractivity contribution in [2.24, 2.45) is 0 Å². The van der Waals surface area contributed by atoms with E-state index in [9.17, 15) is 24.0 Å². The monoisotopic (exact) mass is 514 g/mol. The van der Waals surface area contributed by atoms with Crippen molar-refractivity contribution < 1.29 is 24.0 Å². The minimum Gasteiger partial charge on any atom is -0.346 e. The lowest BCUT2D eigenvalue weighted by molar-refractivity contribution is -0.129. The maximum atomic E-state index is 12.6. The minimum absolute atomic E-state index is 0.0174. The smallest absolute Gasteiger partial charge is 0.255 e. The Morgan fingerprint density at radius 1 is 0.658 bits per heavy atom. The number of carbonyl (C=O) groups is 5. The quantitative estimate of drug-likeness (QED) is 0.360. The molecular weight excluding hydrogens is 484 g/mol. The second kappa shape index (κ2) is 13.5. The van der Waals surface area contributed by atoms with Gasteiger partial charge in [-0.15, -0.1) is 0 Å². The highest BCUT2D eigenvalue weighted by molar-refractivity contribution is 6.07. The van der Waals surface area contributed by atoms with E-state index in [2.05, 4.69) is 10.6 Å². The first-order valence-electron chi connectivity index (χ1n) is 12.1. The van der Waals surface area contributed by atoms with Crippen LogP contribution in [0.4, 0.5) is 11.4 Å². The molecule has 3 aromatic rings. The molecule has 38 heavy (non-hydrogen) atoms. The summed E-state index contributed by atoms with van der Waals surface area (Å²) in [5.41, 5.74) is 4.04. The van der Waals surface area contributed by atoms with Gasteiger partial charge in [-0.2, -0.15) is 0 Å². The fraction of sp³-hybridized carbons (Fsp3) is 0.207. The van der Waals surface area contributed by atoms with E-state index in [-0.39, 0.29) is 24.3 Å². The summed E-state index contributed by atoms with van der Waals surface area (Å²) in [5.74, 6) is -0.591. The van der Waals surface area contributed by atoms with Crippen LogP contribution in [-0.2, 0) is 27.2 Å². The van der Waals surface area contributed by atoms with Gasteiger partial charge in [-0.25, -0.2) is 0 Å². The third-order valence-electron chi connectivity index (χ3n) is 6.04. The van der Waals surface area contributed by atoms with E-state index in [1.807, 2.05) is 36.4 Å². The molecule has 2 N–H and O–H groups in total. The summed E-state index contributed by atoms with van der Waals surface area (Å²) in [4.78, 5) is 60.6. The molecule has 3 aromatic carbocycles. The first kappa shape index (κ1) is 27.8. The highest BCUT2D eigenvalue weighted by atomic mass is 16.2. The van der Waals surface area contributed by atoms with Gasteiger partial charge in [0.1, 0.15) is 0 Å². The normalized spacial score (nSPS) is 10.3. The van der Waals surface area contributed by atoms with Crippen LogP contribution in [0.1, 0.15) is 38.8 Å². The molecular formula is C29H30N4O5. The Kier molecular flexibility index (Phi) is 9.87. The van der Waals surface area contributed by atoms with Gasteiger partial charge in [0.05, 0.1) is 0 Å². The number of anilines is 2. The molecule has 0 saturated carbocycles. The predicted octanol–water partition coefficient (Wildman–Crippen LogP) is 3.37. The molecule has 3 rings (SSSR count). The number of nitrogens with one attached hydrogen (secondary N) is 2. The van der Waals surface area contributed by atoms with E-state index < -0.39 is 0 Å². The summed E-state index contributed by atoms with van der Waals surface area (Å²) in [5, 5.41) is 5.65. The van der Waals surface area contributed by atoms with Gasteiger partial charge in [0.25, 0.3) is 11.8 Å². The van der Waals surface area contributed by atoms with Crippen LogP contribution in [0, 0.1) is 0 Å². The first-order valence-corrected chi connectivity index (χ1v) is 12.1. The average Bonchev–Trinajstić information content (AvgIpc) is 2.93. The van der Waals surface area contributed by atoms with Crippen molar-refractivity contribution in [1.29, 1.82) is 0 Å². The van der Waals surface area contributed by atoms with Gasteiger partial charge in [-0.1, -0.05) is 24.3 Å². The molecule has 0 unspecified atom stereocenters. The van der Waals surface area contributed by atoms with Crippen LogP contribution in [0.15, 0.2) is 72.8 Å². The van der Waals surface area contributed by atoms with Gasteiger partial charge in [-0.3, -0.25) is 28.9 Å². The Labute approximate surface area is 221 Å². The Morgan fingerprint density at radius 2 is 1.05 bits per heavy atom. The molecule has 0 saturated heterocycles. The van der Waals surface area contributed by atoms with Crippen LogP contribution in [0.2, 0.25) is 0 Å². The van der Waals surface area contributed by atoms with Crippen molar-refractivity contribution in [3.63, 3.8) is 0 Å². The highest BCUT2D eigenvalue weighted by Crippen LogP contribution is 2.15. The van der Waals surface area contributed by atoms with Gasteiger partial charge in [-0.05, 0) is 72.5 Å². The average molecular weight is 515 g/mol. The summed E-state index contributed by atoms with van der Waals surface area (Å²) in [6.45, 7) is 2.43. The second-order valence-corrected chi connectivity index (χ2v) is 8.77. The molecule has 0 atom stereocenters. The van der Waals surface area contributed by atoms with Crippen LogP contribution in [0.3, 0.4) is 0 Å². The summed E-state index contributed by atoms with van der Waals surface area (Å²) < 4.78 is 0. The molecule has 0 heterocycles. The molecule has 9 nitrogen and oxygen atoms in total. The lowest BCUT2D eigenvalue weighted by atomic mass is 10.1. The molecule has 0 spiro atoms. The van der Waals surface area contributed by atoms with Gasteiger partial charge in [0, 0.05) is 49.6 Å². The molecule has 0 aromatic heterocycles. The molecule has 0 aliphatic carbocycles. The van der Waals surface area contributed by atoms with Gasteiger partial charge in [0.15, 0.2) is 0 Å². The molecule has 0 fully saturated rings. The number of amides is 5. The number of imide groups is 1. The van der Waals surface area contributed by atoms with E-state index in [4.69, 9.17) is 0 Å². The van der Waals surface area contributed by atoms with Crippen molar-refractivity contribution in [1.82, 2.24) is 9.80 Å². The Balaban J connectivity index is 1.51. The largest absolute Gasteiger partial charge is 0.346 e. The number of nitrogens with zero attached hydrogens (tertiary/aromatic N) is 2. The van der Waals surface area contributed by atoms with Gasteiger partial charge < -0.3 is 15.5 Å². The van der Waals surface area contributed by atoms with Crippen molar-refractivity contribution in [2.75, 3.05) is 30.8 Å². The lowest BCUT2D eigenvalue weighted by Gasteiger charge is -2.14. The van der Waals surface area contributed by atoms with Crippen molar-refractivity contribution in [3.05, 3.63) is 95.1 Å². The van der Waals surface area contributed by atoms with E-state index in [1.165, 1.54) is 6.92 Å². The SMILES string of the molecule is CC(=O)N(C)CCc1ccc(NC(=O)c2ccc(C(=O)Nc3ccc(CCN(C=O)C=O)cc3)cc2)cc1. The maximum Gasteiger partial charge on any atom is 0.255 e. The maximum absolute atomic E-state index is 12.6. The number of hydrogen-bond donors (Lipinski definition) is 2. The number of hydrogen-bond acceptors (Lipinski definition) is 5. The fourth-order valence-electron chi connectivity index (χ4n) is 3.53. The standard InChI is InChI=1S/C29H30N4O5/c1-21(36)32(2)17-15-22-3-11-26(12-4-22)30-28(37)24-7-9-25(10-8-24)29(38)31-27-13-5-23(6-14-27)16-18-33(19-34)20-35/h3-14,19-20H,15-18H2,1-2H3,(H,30,37)(H,31,38). The van der Waals surface area contributed by atoms with Crippen LogP contribution in [0.5, 0.6) is 0 Å². The Hall–Kier alpha value is -4.79. The predicted molar refractivity (Wildman–Crippen MR) is 145 cm³/mol. The van der Waals surface area contributed by atoms with Crippen molar-refractivity contribution in [2.45, 2.75) is 19.8 Å². The van der Waals surface area contributed by atoms with Crippen LogP contribution in [-0.4, -0.2) is 60.5 Å². The molecule has 9 heteroatoms. The summed E-state index contributed by atoms with van der Waals surface area (Å²) >= 11 is 0. The number of rotatable bonds is 12. The minimum atomic E-state index is -0.316. The number of likely N-dealkylation sites (N-methyl/N-ethyl adjacent to an activating group) is 1. The summed E-state index contributed by atoms with van der Waals surface area (Å²) in [7, 11) is 1.76. The molecule has 196 valence electrons. The zero-order chi connectivity index (χ0) is 27.5. The van der Waals surface area contributed by atoms with Crippen LogP contribution < -0.4 is 10.6 Å². The number of benzene rings is 3. The van der Waals surface area contributed by atoms with E-state index in [1.54, 1.807) is 48.3 Å². The first-order chi connectivity index (χ1) is 18.3. The second-order valence-electron chi connectivity index (χ2n) is 8.77. The highest BCUT2D eigenvalue weighted by Gasteiger charge is 2.11. The molecule has 0 aliphatic heterocycles. The van der Waals surface area contributed by atoms with Gasteiger partial charge in [0.2, 0.25) is 18.7 Å². The molecule has 0 aliphatic rings. The third-order valence-corrected chi connectivity index (χ3v) is 6.04. The fourth-order valence-corrected chi connectivity index (χ4v) is 3.53. The van der Waals surface area contributed by atoms with E-state index in [0.29, 0.717) is 48.3 Å². The third kappa shape index (κ3) is 8.12. The zero-order valence-corrected chi connectivity index (χ0v) is 21.3. The Bertz CT molecular complexity index is 1260. The van der Waals surface area contributed by atoms with E-state index in [0.717, 1.165) is 22.4 Å². The van der Waals surface area contributed by atoms with Gasteiger partial charge >= 0.3 is 0 Å². The Morgan fingerprint density at radius 3 is 1.42 bits per heavy atom. The number of carbonyl (C=O) groups excluding carboxylic acids is 5. The summed E-state index contributed by atoms with van der Waals surface area (Å²) in [6, 6.07) is 20.9. The van der Waals surface area contributed by atoms with Crippen molar-refractivity contribution >= 4 is 41.9 Å². The zero-order valence-electron chi connectivity index (χ0n) is 21.3. The lowest BCUT2D eigenvalue weighted by Crippen LogP contribution is -2.26. The van der Waals surface area contributed by atoms with Crippen molar-refractivity contribution in [3.8, 4) is 0 Å². The molecule has 0 radical (unpaired) electrons. The molecule has 5 amide bonds. The topological polar surface area (TPSA) is 116 Å². The van der Waals surface area contributed by atoms with E-state index >= 15 is 0 Å². The summed E-state index contributed by atoms with van der Waals surface area (Å²) in [6.07, 6.45) is 2.19. The van der Waals surface area contributed by atoms with Crippen LogP contribution >= 0.6 is 0 Å².